The zero-order valence-corrected chi connectivity index (χ0v) is 15.8. The highest BCUT2D eigenvalue weighted by atomic mass is 35.5. The molecule has 2 aromatic heterocycles. The average Bonchev–Trinajstić information content (AvgIpc) is 3.16. The van der Waals surface area contributed by atoms with E-state index < -0.39 is 0 Å². The molecule has 3 N–H and O–H groups in total. The second kappa shape index (κ2) is 8.50. The van der Waals surface area contributed by atoms with E-state index in [-0.39, 0.29) is 6.03 Å². The Morgan fingerprint density at radius 1 is 1.19 bits per heavy atom. The van der Waals surface area contributed by atoms with Crippen LogP contribution in [-0.2, 0) is 0 Å². The lowest BCUT2D eigenvalue weighted by atomic mass is 10.2. The fourth-order valence-corrected chi connectivity index (χ4v) is 2.56. The molecule has 0 spiro atoms. The first kappa shape index (κ1) is 18.7. The number of carbonyl (C=O) groups is 1. The van der Waals surface area contributed by atoms with Crippen molar-refractivity contribution < 1.29 is 4.79 Å². The molecule has 0 bridgehead atoms. The summed E-state index contributed by atoms with van der Waals surface area (Å²) in [6.45, 7) is 4.66. The molecule has 0 saturated heterocycles. The monoisotopic (exact) mass is 385 g/mol. The molecule has 0 unspecified atom stereocenters. The van der Waals surface area contributed by atoms with Crippen LogP contribution in [0.15, 0.2) is 42.7 Å². The maximum Gasteiger partial charge on any atom is 0.319 e. The van der Waals surface area contributed by atoms with E-state index in [1.54, 1.807) is 29.1 Å². The molecular formula is C18H20ClN7O. The van der Waals surface area contributed by atoms with Crippen LogP contribution in [0.25, 0.3) is 5.82 Å². The van der Waals surface area contributed by atoms with Gasteiger partial charge in [-0.3, -0.25) is 0 Å². The number of carbonyl (C=O) groups excluding carboxylic acids is 1. The summed E-state index contributed by atoms with van der Waals surface area (Å²) in [7, 11) is 0. The second-order valence-corrected chi connectivity index (χ2v) is 6.29. The molecule has 2 amide bonds. The van der Waals surface area contributed by atoms with E-state index in [1.165, 1.54) is 0 Å². The van der Waals surface area contributed by atoms with Gasteiger partial charge in [0.05, 0.1) is 0 Å². The molecule has 8 nitrogen and oxygen atoms in total. The van der Waals surface area contributed by atoms with Gasteiger partial charge in [-0.05, 0) is 37.6 Å². The van der Waals surface area contributed by atoms with Crippen LogP contribution in [-0.4, -0.2) is 38.9 Å². The van der Waals surface area contributed by atoms with Gasteiger partial charge in [0.25, 0.3) is 0 Å². The minimum atomic E-state index is -0.298. The Balaban J connectivity index is 1.48. The average molecular weight is 386 g/mol. The number of hydrogen-bond acceptors (Lipinski definition) is 5. The number of halogens is 1. The summed E-state index contributed by atoms with van der Waals surface area (Å²) in [5.74, 6) is 1.98. The number of aromatic nitrogens is 4. The van der Waals surface area contributed by atoms with Gasteiger partial charge < -0.3 is 16.0 Å². The first-order valence-electron chi connectivity index (χ1n) is 8.42. The molecule has 0 fully saturated rings. The summed E-state index contributed by atoms with van der Waals surface area (Å²) in [6.07, 6.45) is 3.50. The molecule has 9 heteroatoms. The Bertz CT molecular complexity index is 927. The highest BCUT2D eigenvalue weighted by Crippen LogP contribution is 2.19. The SMILES string of the molecule is Cc1nc(NCCNC(=O)Nc2ccc(C)c(Cl)c2)cc(-n2cccn2)n1. The Kier molecular flexibility index (Phi) is 5.87. The van der Waals surface area contributed by atoms with Crippen LogP contribution in [0.1, 0.15) is 11.4 Å². The van der Waals surface area contributed by atoms with Gasteiger partial charge in [0.2, 0.25) is 0 Å². The molecule has 0 atom stereocenters. The molecule has 0 aliphatic rings. The summed E-state index contributed by atoms with van der Waals surface area (Å²) in [5, 5.41) is 13.5. The molecule has 0 saturated carbocycles. The van der Waals surface area contributed by atoms with E-state index in [0.29, 0.717) is 41.3 Å². The van der Waals surface area contributed by atoms with Crippen molar-refractivity contribution in [1.82, 2.24) is 25.1 Å². The molecule has 1 aromatic carbocycles. The summed E-state index contributed by atoms with van der Waals surface area (Å²) < 4.78 is 1.66. The van der Waals surface area contributed by atoms with Crippen LogP contribution in [0, 0.1) is 13.8 Å². The number of hydrogen-bond donors (Lipinski definition) is 3. The Morgan fingerprint density at radius 2 is 2.04 bits per heavy atom. The van der Waals surface area contributed by atoms with Gasteiger partial charge in [0.1, 0.15) is 11.6 Å². The van der Waals surface area contributed by atoms with Gasteiger partial charge in [-0.1, -0.05) is 17.7 Å². The maximum atomic E-state index is 12.0. The maximum absolute atomic E-state index is 12.0. The highest BCUT2D eigenvalue weighted by molar-refractivity contribution is 6.31. The van der Waals surface area contributed by atoms with E-state index in [4.69, 9.17) is 11.6 Å². The molecule has 2 heterocycles. The Labute approximate surface area is 162 Å². The third-order valence-electron chi connectivity index (χ3n) is 3.71. The normalized spacial score (nSPS) is 10.5. The lowest BCUT2D eigenvalue weighted by molar-refractivity contribution is 0.252. The molecule has 3 aromatic rings. The van der Waals surface area contributed by atoms with Crippen LogP contribution >= 0.6 is 11.6 Å². The molecule has 0 aliphatic carbocycles. The highest BCUT2D eigenvalue weighted by Gasteiger charge is 2.05. The van der Waals surface area contributed by atoms with Crippen LogP contribution in [0.2, 0.25) is 5.02 Å². The van der Waals surface area contributed by atoms with Gasteiger partial charge in [0, 0.05) is 42.3 Å². The van der Waals surface area contributed by atoms with E-state index in [9.17, 15) is 4.79 Å². The predicted octanol–water partition coefficient (Wildman–Crippen LogP) is 3.17. The van der Waals surface area contributed by atoms with Gasteiger partial charge in [-0.15, -0.1) is 0 Å². The number of anilines is 2. The molecular weight excluding hydrogens is 366 g/mol. The molecule has 0 radical (unpaired) electrons. The standard InChI is InChI=1S/C18H20ClN7O/c1-12-4-5-14(10-15(12)19)25-18(27)21-8-7-20-16-11-17(24-13(2)23-16)26-9-3-6-22-26/h3-6,9-11H,7-8H2,1-2H3,(H,20,23,24)(H2,21,25,27). The van der Waals surface area contributed by atoms with Gasteiger partial charge in [0.15, 0.2) is 5.82 Å². The molecule has 27 heavy (non-hydrogen) atoms. The van der Waals surface area contributed by atoms with E-state index >= 15 is 0 Å². The van der Waals surface area contributed by atoms with Crippen molar-refractivity contribution in [2.75, 3.05) is 23.7 Å². The van der Waals surface area contributed by atoms with Crippen molar-refractivity contribution in [3.8, 4) is 5.82 Å². The fourth-order valence-electron chi connectivity index (χ4n) is 2.38. The molecule has 0 aliphatic heterocycles. The third kappa shape index (κ3) is 5.18. The van der Waals surface area contributed by atoms with E-state index in [0.717, 1.165) is 5.56 Å². The smallest absolute Gasteiger partial charge is 0.319 e. The number of benzene rings is 1. The summed E-state index contributed by atoms with van der Waals surface area (Å²) in [6, 6.07) is 8.71. The van der Waals surface area contributed by atoms with Crippen molar-refractivity contribution >= 4 is 29.1 Å². The largest absolute Gasteiger partial charge is 0.368 e. The minimum Gasteiger partial charge on any atom is -0.368 e. The van der Waals surface area contributed by atoms with Gasteiger partial charge in [-0.2, -0.15) is 5.10 Å². The number of nitrogens with zero attached hydrogens (tertiary/aromatic N) is 4. The Morgan fingerprint density at radius 3 is 2.78 bits per heavy atom. The lowest BCUT2D eigenvalue weighted by Crippen LogP contribution is -2.32. The summed E-state index contributed by atoms with van der Waals surface area (Å²) in [5.41, 5.74) is 1.60. The number of rotatable bonds is 6. The van der Waals surface area contributed by atoms with Crippen molar-refractivity contribution in [2.45, 2.75) is 13.8 Å². The molecule has 3 rings (SSSR count). The minimum absolute atomic E-state index is 0.298. The van der Waals surface area contributed by atoms with E-state index in [2.05, 4.69) is 31.0 Å². The zero-order valence-electron chi connectivity index (χ0n) is 15.0. The van der Waals surface area contributed by atoms with Crippen LogP contribution in [0.4, 0.5) is 16.3 Å². The summed E-state index contributed by atoms with van der Waals surface area (Å²) >= 11 is 6.05. The first-order chi connectivity index (χ1) is 13.0. The molecule has 140 valence electrons. The third-order valence-corrected chi connectivity index (χ3v) is 4.12. The summed E-state index contributed by atoms with van der Waals surface area (Å²) in [4.78, 5) is 20.6. The number of aryl methyl sites for hydroxylation is 2. The van der Waals surface area contributed by atoms with Crippen molar-refractivity contribution in [3.05, 3.63) is 59.1 Å². The first-order valence-corrected chi connectivity index (χ1v) is 8.79. The van der Waals surface area contributed by atoms with Crippen LogP contribution < -0.4 is 16.0 Å². The number of nitrogens with one attached hydrogen (secondary N) is 3. The van der Waals surface area contributed by atoms with Gasteiger partial charge in [-0.25, -0.2) is 19.4 Å². The topological polar surface area (TPSA) is 96.8 Å². The van der Waals surface area contributed by atoms with Crippen LogP contribution in [0.5, 0.6) is 0 Å². The van der Waals surface area contributed by atoms with E-state index in [1.807, 2.05) is 32.2 Å². The lowest BCUT2D eigenvalue weighted by Gasteiger charge is -2.11. The zero-order chi connectivity index (χ0) is 19.2. The fraction of sp³-hybridized carbons (Fsp3) is 0.222. The number of urea groups is 1. The predicted molar refractivity (Wildman–Crippen MR) is 106 cm³/mol. The quantitative estimate of drug-likeness (QED) is 0.566. The van der Waals surface area contributed by atoms with Crippen molar-refractivity contribution in [1.29, 1.82) is 0 Å². The van der Waals surface area contributed by atoms with Crippen LogP contribution in [0.3, 0.4) is 0 Å². The number of amides is 2. The van der Waals surface area contributed by atoms with Crippen molar-refractivity contribution in [2.24, 2.45) is 0 Å². The Hall–Kier alpha value is -3.13. The van der Waals surface area contributed by atoms with Crippen molar-refractivity contribution in [3.63, 3.8) is 0 Å². The second-order valence-electron chi connectivity index (χ2n) is 5.88. The van der Waals surface area contributed by atoms with Gasteiger partial charge >= 0.3 is 6.03 Å².